The molecular weight excluding hydrogens is 144 g/mol. The van der Waals surface area contributed by atoms with E-state index < -0.39 is 0 Å². The molecule has 0 spiro atoms. The third-order valence-corrected chi connectivity index (χ3v) is 4.85. The number of fused-ring (bicyclic) bond motifs is 4. The molecule has 0 aromatic carbocycles. The molecule has 4 atom stereocenters. The molecule has 0 aliphatic heterocycles. The van der Waals surface area contributed by atoms with Crippen molar-refractivity contribution in [3.8, 4) is 0 Å². The average Bonchev–Trinajstić information content (AvgIpc) is 2.61. The summed E-state index contributed by atoms with van der Waals surface area (Å²) in [5.74, 6) is 4.67. The molecule has 3 fully saturated rings. The summed E-state index contributed by atoms with van der Waals surface area (Å²) < 4.78 is 0. The van der Waals surface area contributed by atoms with Crippen LogP contribution in [0.5, 0.6) is 0 Å². The third-order valence-electron chi connectivity index (χ3n) is 4.85. The van der Waals surface area contributed by atoms with Gasteiger partial charge >= 0.3 is 0 Å². The van der Waals surface area contributed by atoms with Crippen LogP contribution in [0.15, 0.2) is 0 Å². The lowest BCUT2D eigenvalue weighted by Crippen LogP contribution is -2.15. The molecule has 3 aliphatic rings. The number of rotatable bonds is 0. The summed E-state index contributed by atoms with van der Waals surface area (Å²) in [6.45, 7) is 0. The Morgan fingerprint density at radius 2 is 1.50 bits per heavy atom. The predicted octanol–water partition coefficient (Wildman–Crippen LogP) is 3.61. The predicted molar refractivity (Wildman–Crippen MR) is 50.9 cm³/mol. The zero-order valence-electron chi connectivity index (χ0n) is 7.97. The Morgan fingerprint density at radius 1 is 0.667 bits per heavy atom. The smallest absolute Gasteiger partial charge is 0.0357 e. The maximum absolute atomic E-state index is 1.61. The standard InChI is InChI=1S/C12H20/c1-2-10-6-4-9-5-7-11(8-9)12(10)3-1/h9-12H,1-8H2. The first-order chi connectivity index (χ1) is 5.93. The molecule has 0 radical (unpaired) electrons. The maximum Gasteiger partial charge on any atom is -0.0357 e. The van der Waals surface area contributed by atoms with Gasteiger partial charge in [-0.15, -0.1) is 0 Å². The first-order valence-electron chi connectivity index (χ1n) is 5.93. The molecule has 0 amide bonds. The van der Waals surface area contributed by atoms with Crippen LogP contribution < -0.4 is 0 Å². The molecule has 0 aromatic heterocycles. The van der Waals surface area contributed by atoms with Gasteiger partial charge in [-0.1, -0.05) is 25.7 Å². The second-order valence-electron chi connectivity index (χ2n) is 5.37. The lowest BCUT2D eigenvalue weighted by molar-refractivity contribution is 0.265. The van der Waals surface area contributed by atoms with Crippen molar-refractivity contribution in [1.82, 2.24) is 0 Å². The minimum Gasteiger partial charge on any atom is -0.0527 e. The van der Waals surface area contributed by atoms with Crippen molar-refractivity contribution in [3.63, 3.8) is 0 Å². The van der Waals surface area contributed by atoms with Crippen LogP contribution in [0, 0.1) is 23.7 Å². The molecule has 3 aliphatic carbocycles. The normalized spacial score (nSPS) is 52.0. The van der Waals surface area contributed by atoms with Gasteiger partial charge < -0.3 is 0 Å². The van der Waals surface area contributed by atoms with Crippen molar-refractivity contribution in [2.75, 3.05) is 0 Å². The Bertz CT molecular complexity index is 173. The first kappa shape index (κ1) is 7.41. The quantitative estimate of drug-likeness (QED) is 0.513. The zero-order valence-corrected chi connectivity index (χ0v) is 7.97. The van der Waals surface area contributed by atoms with Crippen LogP contribution >= 0.6 is 0 Å². The Morgan fingerprint density at radius 3 is 2.42 bits per heavy atom. The van der Waals surface area contributed by atoms with E-state index in [1.165, 1.54) is 17.8 Å². The SMILES string of the molecule is C1CC2CCC3CCC(C3)C2C1. The van der Waals surface area contributed by atoms with E-state index in [2.05, 4.69) is 0 Å². The minimum atomic E-state index is 1.15. The van der Waals surface area contributed by atoms with Crippen molar-refractivity contribution in [2.45, 2.75) is 51.4 Å². The molecule has 0 heterocycles. The van der Waals surface area contributed by atoms with E-state index in [4.69, 9.17) is 0 Å². The fourth-order valence-corrected chi connectivity index (χ4v) is 4.26. The highest BCUT2D eigenvalue weighted by Crippen LogP contribution is 2.51. The summed E-state index contributed by atoms with van der Waals surface area (Å²) in [5.41, 5.74) is 0. The van der Waals surface area contributed by atoms with Crippen LogP contribution in [0.4, 0.5) is 0 Å². The van der Waals surface area contributed by atoms with Gasteiger partial charge in [0, 0.05) is 0 Å². The number of hydrogen-bond acceptors (Lipinski definition) is 0. The van der Waals surface area contributed by atoms with E-state index >= 15 is 0 Å². The molecule has 12 heavy (non-hydrogen) atoms. The fourth-order valence-electron chi connectivity index (χ4n) is 4.26. The largest absolute Gasteiger partial charge is 0.0527 e. The fraction of sp³-hybridized carbons (Fsp3) is 1.00. The Hall–Kier alpha value is 0. The van der Waals surface area contributed by atoms with Crippen LogP contribution in [-0.4, -0.2) is 0 Å². The first-order valence-corrected chi connectivity index (χ1v) is 5.93. The maximum atomic E-state index is 1.61. The molecule has 0 nitrogen and oxygen atoms in total. The summed E-state index contributed by atoms with van der Waals surface area (Å²) in [7, 11) is 0. The van der Waals surface area contributed by atoms with E-state index in [1.807, 2.05) is 0 Å². The topological polar surface area (TPSA) is 0 Å². The molecule has 4 unspecified atom stereocenters. The third kappa shape index (κ3) is 1.03. The Balaban J connectivity index is 1.82. The van der Waals surface area contributed by atoms with E-state index in [0.29, 0.717) is 0 Å². The van der Waals surface area contributed by atoms with Crippen LogP contribution in [0.3, 0.4) is 0 Å². The van der Waals surface area contributed by atoms with Crippen LogP contribution in [0.2, 0.25) is 0 Å². The number of hydrogen-bond donors (Lipinski definition) is 0. The molecular formula is C12H20. The molecule has 68 valence electrons. The van der Waals surface area contributed by atoms with Crippen LogP contribution in [-0.2, 0) is 0 Å². The zero-order chi connectivity index (χ0) is 7.97. The molecule has 0 saturated heterocycles. The van der Waals surface area contributed by atoms with Gasteiger partial charge in [0.1, 0.15) is 0 Å². The lowest BCUT2D eigenvalue weighted by Gasteiger charge is -2.23. The van der Waals surface area contributed by atoms with E-state index in [9.17, 15) is 0 Å². The van der Waals surface area contributed by atoms with Crippen molar-refractivity contribution in [2.24, 2.45) is 23.7 Å². The van der Waals surface area contributed by atoms with Crippen molar-refractivity contribution < 1.29 is 0 Å². The van der Waals surface area contributed by atoms with Gasteiger partial charge in [-0.3, -0.25) is 0 Å². The highest BCUT2D eigenvalue weighted by Gasteiger charge is 2.40. The summed E-state index contributed by atoms with van der Waals surface area (Å²) in [6, 6.07) is 0. The molecule has 2 bridgehead atoms. The van der Waals surface area contributed by atoms with Crippen LogP contribution in [0.1, 0.15) is 51.4 Å². The average molecular weight is 164 g/mol. The molecule has 0 heteroatoms. The Labute approximate surface area is 75.7 Å². The van der Waals surface area contributed by atoms with Gasteiger partial charge in [-0.2, -0.15) is 0 Å². The minimum absolute atomic E-state index is 1.15. The van der Waals surface area contributed by atoms with Gasteiger partial charge in [-0.05, 0) is 49.4 Å². The molecule has 3 saturated carbocycles. The molecule has 0 N–H and O–H groups in total. The highest BCUT2D eigenvalue weighted by molar-refractivity contribution is 4.91. The summed E-state index contributed by atoms with van der Waals surface area (Å²) >= 11 is 0. The monoisotopic (exact) mass is 164 g/mol. The van der Waals surface area contributed by atoms with E-state index in [1.54, 1.807) is 51.4 Å². The van der Waals surface area contributed by atoms with Gasteiger partial charge in [0.15, 0.2) is 0 Å². The molecule has 3 rings (SSSR count). The summed E-state index contributed by atoms with van der Waals surface area (Å²) in [6.07, 6.45) is 12.7. The Kier molecular flexibility index (Phi) is 1.70. The van der Waals surface area contributed by atoms with Gasteiger partial charge in [-0.25, -0.2) is 0 Å². The molecule has 0 aromatic rings. The van der Waals surface area contributed by atoms with Gasteiger partial charge in [0.05, 0.1) is 0 Å². The van der Waals surface area contributed by atoms with Gasteiger partial charge in [0.25, 0.3) is 0 Å². The summed E-state index contributed by atoms with van der Waals surface area (Å²) in [4.78, 5) is 0. The second-order valence-corrected chi connectivity index (χ2v) is 5.37. The van der Waals surface area contributed by atoms with E-state index in [-0.39, 0.29) is 0 Å². The van der Waals surface area contributed by atoms with Crippen LogP contribution in [0.25, 0.3) is 0 Å². The summed E-state index contributed by atoms with van der Waals surface area (Å²) in [5, 5.41) is 0. The lowest BCUT2D eigenvalue weighted by atomic mass is 9.82. The van der Waals surface area contributed by atoms with E-state index in [0.717, 1.165) is 5.92 Å². The van der Waals surface area contributed by atoms with Gasteiger partial charge in [0.2, 0.25) is 0 Å². The van der Waals surface area contributed by atoms with Crippen molar-refractivity contribution in [1.29, 1.82) is 0 Å². The highest BCUT2D eigenvalue weighted by atomic mass is 14.5. The van der Waals surface area contributed by atoms with Crippen molar-refractivity contribution >= 4 is 0 Å². The second kappa shape index (κ2) is 2.75. The van der Waals surface area contributed by atoms with Crippen molar-refractivity contribution in [3.05, 3.63) is 0 Å².